The number of nitrogens with zero attached hydrogens (tertiary/aromatic N) is 1. The number of rotatable bonds is 12. The molecular formula is C31H35N3O5. The molecule has 0 spiro atoms. The van der Waals surface area contributed by atoms with Crippen LogP contribution in [0.5, 0.6) is 0 Å². The third-order valence-electron chi connectivity index (χ3n) is 7.04. The summed E-state index contributed by atoms with van der Waals surface area (Å²) >= 11 is 0. The molecule has 0 aliphatic heterocycles. The largest absolute Gasteiger partial charge is 0.481 e. The molecular weight excluding hydrogens is 494 g/mol. The molecule has 0 saturated carbocycles. The summed E-state index contributed by atoms with van der Waals surface area (Å²) in [7, 11) is 1.87. The van der Waals surface area contributed by atoms with E-state index in [4.69, 9.17) is 9.84 Å². The summed E-state index contributed by atoms with van der Waals surface area (Å²) < 4.78 is 5.67. The van der Waals surface area contributed by atoms with Crippen molar-refractivity contribution in [3.63, 3.8) is 0 Å². The van der Waals surface area contributed by atoms with Crippen LogP contribution in [0.3, 0.4) is 0 Å². The number of carbonyl (C=O) groups is 3. The number of hydrogen-bond donors (Lipinski definition) is 3. The Labute approximate surface area is 229 Å². The van der Waals surface area contributed by atoms with Crippen LogP contribution in [0.4, 0.5) is 4.79 Å². The zero-order valence-corrected chi connectivity index (χ0v) is 22.3. The van der Waals surface area contributed by atoms with E-state index in [1.807, 2.05) is 78.7 Å². The number of aliphatic carboxylic acids is 1. The maximum Gasteiger partial charge on any atom is 0.407 e. The summed E-state index contributed by atoms with van der Waals surface area (Å²) in [6.45, 7) is 2.77. The van der Waals surface area contributed by atoms with Crippen molar-refractivity contribution < 1.29 is 24.2 Å². The van der Waals surface area contributed by atoms with Gasteiger partial charge in [-0.3, -0.25) is 14.5 Å². The van der Waals surface area contributed by atoms with Crippen molar-refractivity contribution in [3.05, 3.63) is 95.6 Å². The minimum absolute atomic E-state index is 0.0892. The van der Waals surface area contributed by atoms with Crippen molar-refractivity contribution >= 4 is 18.0 Å². The number of carboxylic acid groups (broad SMARTS) is 1. The molecule has 204 valence electrons. The Balaban J connectivity index is 1.39. The van der Waals surface area contributed by atoms with Crippen LogP contribution in [0, 0.1) is 5.92 Å². The van der Waals surface area contributed by atoms with Crippen molar-refractivity contribution in [3.8, 4) is 11.1 Å². The van der Waals surface area contributed by atoms with E-state index in [1.54, 1.807) is 6.92 Å². The Morgan fingerprint density at radius 1 is 0.923 bits per heavy atom. The quantitative estimate of drug-likeness (QED) is 0.324. The fourth-order valence-corrected chi connectivity index (χ4v) is 4.91. The van der Waals surface area contributed by atoms with Gasteiger partial charge in [0.2, 0.25) is 5.91 Å². The lowest BCUT2D eigenvalue weighted by molar-refractivity contribution is -0.141. The number of nitrogens with one attached hydrogen (secondary N) is 2. The average Bonchev–Trinajstić information content (AvgIpc) is 3.25. The second-order valence-corrected chi connectivity index (χ2v) is 10.0. The molecule has 2 amide bonds. The molecule has 1 aliphatic carbocycles. The first kappa shape index (κ1) is 27.9. The van der Waals surface area contributed by atoms with Crippen LogP contribution in [-0.2, 0) is 20.9 Å². The fourth-order valence-electron chi connectivity index (χ4n) is 4.91. The number of carboxylic acids is 1. The van der Waals surface area contributed by atoms with Crippen LogP contribution in [0.15, 0.2) is 78.9 Å². The highest BCUT2D eigenvalue weighted by molar-refractivity contribution is 5.86. The first-order valence-electron chi connectivity index (χ1n) is 13.2. The Morgan fingerprint density at radius 2 is 1.51 bits per heavy atom. The second-order valence-electron chi connectivity index (χ2n) is 10.0. The van der Waals surface area contributed by atoms with E-state index in [0.717, 1.165) is 27.8 Å². The van der Waals surface area contributed by atoms with Gasteiger partial charge in [0.25, 0.3) is 0 Å². The van der Waals surface area contributed by atoms with Gasteiger partial charge in [0.15, 0.2) is 0 Å². The van der Waals surface area contributed by atoms with Gasteiger partial charge < -0.3 is 20.5 Å². The molecule has 3 aromatic carbocycles. The van der Waals surface area contributed by atoms with Gasteiger partial charge in [0.05, 0.1) is 5.92 Å². The van der Waals surface area contributed by atoms with Gasteiger partial charge in [-0.25, -0.2) is 4.79 Å². The molecule has 1 aliphatic rings. The Bertz CT molecular complexity index is 1250. The van der Waals surface area contributed by atoms with Crippen LogP contribution >= 0.6 is 0 Å². The van der Waals surface area contributed by atoms with E-state index in [-0.39, 0.29) is 31.5 Å². The maximum atomic E-state index is 13.1. The highest BCUT2D eigenvalue weighted by Crippen LogP contribution is 2.44. The van der Waals surface area contributed by atoms with Gasteiger partial charge in [-0.05, 0) is 41.3 Å². The lowest BCUT2D eigenvalue weighted by Gasteiger charge is -2.25. The summed E-state index contributed by atoms with van der Waals surface area (Å²) in [6.07, 6.45) is -0.387. The van der Waals surface area contributed by atoms with Crippen LogP contribution in [0.2, 0.25) is 0 Å². The van der Waals surface area contributed by atoms with E-state index in [9.17, 15) is 14.4 Å². The molecule has 0 radical (unpaired) electrons. The summed E-state index contributed by atoms with van der Waals surface area (Å²) in [5.41, 5.74) is 5.57. The molecule has 2 unspecified atom stereocenters. The highest BCUT2D eigenvalue weighted by atomic mass is 16.5. The van der Waals surface area contributed by atoms with E-state index < -0.39 is 24.0 Å². The standard InChI is InChI=1S/C31H35N3O5/c1-21(30(36)37)16-17-32-29(35)28(19-34(2)18-22-10-4-3-5-11-22)33-31(38)39-20-27-25-14-8-6-12-23(25)24-13-7-9-15-26(24)27/h3-15,21,27-28H,16-20H2,1-2H3,(H,32,35)(H,33,38)(H,36,37). The highest BCUT2D eigenvalue weighted by Gasteiger charge is 2.30. The zero-order chi connectivity index (χ0) is 27.8. The zero-order valence-electron chi connectivity index (χ0n) is 22.3. The monoisotopic (exact) mass is 529 g/mol. The molecule has 39 heavy (non-hydrogen) atoms. The number of ether oxygens (including phenoxy) is 1. The van der Waals surface area contributed by atoms with Crippen LogP contribution in [0.25, 0.3) is 11.1 Å². The van der Waals surface area contributed by atoms with E-state index >= 15 is 0 Å². The van der Waals surface area contributed by atoms with Crippen molar-refractivity contribution in [2.24, 2.45) is 5.92 Å². The number of amides is 2. The molecule has 0 heterocycles. The van der Waals surface area contributed by atoms with Gasteiger partial charge in [-0.2, -0.15) is 0 Å². The normalized spacial score (nSPS) is 13.7. The number of benzene rings is 3. The molecule has 0 bridgehead atoms. The number of fused-ring (bicyclic) bond motifs is 3. The smallest absolute Gasteiger partial charge is 0.407 e. The van der Waals surface area contributed by atoms with Crippen molar-refractivity contribution in [1.29, 1.82) is 0 Å². The molecule has 0 fully saturated rings. The Hall–Kier alpha value is -4.17. The molecule has 0 saturated heterocycles. The van der Waals surface area contributed by atoms with Crippen molar-refractivity contribution in [2.75, 3.05) is 26.7 Å². The van der Waals surface area contributed by atoms with E-state index in [2.05, 4.69) is 22.8 Å². The van der Waals surface area contributed by atoms with Gasteiger partial charge in [0, 0.05) is 25.6 Å². The number of alkyl carbamates (subject to hydrolysis) is 1. The molecule has 2 atom stereocenters. The van der Waals surface area contributed by atoms with E-state index in [0.29, 0.717) is 13.0 Å². The summed E-state index contributed by atoms with van der Waals surface area (Å²) in [4.78, 5) is 39.1. The van der Waals surface area contributed by atoms with Crippen molar-refractivity contribution in [1.82, 2.24) is 15.5 Å². The summed E-state index contributed by atoms with van der Waals surface area (Å²) in [5, 5.41) is 14.6. The Kier molecular flexibility index (Phi) is 9.33. The predicted molar refractivity (Wildman–Crippen MR) is 149 cm³/mol. The molecule has 4 rings (SSSR count). The summed E-state index contributed by atoms with van der Waals surface area (Å²) in [6, 6.07) is 25.2. The topological polar surface area (TPSA) is 108 Å². The lowest BCUT2D eigenvalue weighted by Crippen LogP contribution is -2.52. The van der Waals surface area contributed by atoms with Crippen LogP contribution < -0.4 is 10.6 Å². The van der Waals surface area contributed by atoms with E-state index in [1.165, 1.54) is 0 Å². The SMILES string of the molecule is CC(CCNC(=O)C(CN(C)Cc1ccccc1)NC(=O)OCC1c2ccccc2-c2ccccc21)C(=O)O. The molecule has 3 aromatic rings. The van der Waals surface area contributed by atoms with Gasteiger partial charge in [-0.15, -0.1) is 0 Å². The Morgan fingerprint density at radius 3 is 2.13 bits per heavy atom. The van der Waals surface area contributed by atoms with Gasteiger partial charge in [0.1, 0.15) is 12.6 Å². The average molecular weight is 530 g/mol. The molecule has 8 nitrogen and oxygen atoms in total. The molecule has 3 N–H and O–H groups in total. The second kappa shape index (κ2) is 13.1. The van der Waals surface area contributed by atoms with Gasteiger partial charge >= 0.3 is 12.1 Å². The minimum Gasteiger partial charge on any atom is -0.481 e. The van der Waals surface area contributed by atoms with Gasteiger partial charge in [-0.1, -0.05) is 85.8 Å². The maximum absolute atomic E-state index is 13.1. The lowest BCUT2D eigenvalue weighted by atomic mass is 9.98. The first-order chi connectivity index (χ1) is 18.8. The minimum atomic E-state index is -0.917. The number of carbonyl (C=O) groups excluding carboxylic acids is 2. The van der Waals surface area contributed by atoms with Crippen LogP contribution in [-0.4, -0.2) is 60.8 Å². The number of likely N-dealkylation sites (N-methyl/N-ethyl adjacent to an activating group) is 1. The predicted octanol–water partition coefficient (Wildman–Crippen LogP) is 4.25. The number of hydrogen-bond acceptors (Lipinski definition) is 5. The molecule has 8 heteroatoms. The molecule has 0 aromatic heterocycles. The third kappa shape index (κ3) is 7.23. The fraction of sp³-hybridized carbons (Fsp3) is 0.323. The summed E-state index contributed by atoms with van der Waals surface area (Å²) in [5.74, 6) is -1.98. The van der Waals surface area contributed by atoms with Crippen molar-refractivity contribution in [2.45, 2.75) is 31.8 Å². The van der Waals surface area contributed by atoms with Crippen LogP contribution in [0.1, 0.15) is 36.0 Å². The third-order valence-corrected chi connectivity index (χ3v) is 7.04. The first-order valence-corrected chi connectivity index (χ1v) is 13.2.